The zero-order valence-corrected chi connectivity index (χ0v) is 45.7. The first kappa shape index (κ1) is 53.4. The maximum absolute atomic E-state index is 13.6. The van der Waals surface area contributed by atoms with Crippen molar-refractivity contribution in [1.29, 1.82) is 0 Å². The maximum Gasteiger partial charge on any atom is 0.306 e. The van der Waals surface area contributed by atoms with E-state index in [4.69, 9.17) is 23.7 Å². The third kappa shape index (κ3) is 13.3. The van der Waals surface area contributed by atoms with E-state index in [0.29, 0.717) is 40.4 Å². The van der Waals surface area contributed by atoms with Crippen LogP contribution in [0.1, 0.15) is 45.2 Å². The highest BCUT2D eigenvalue weighted by Gasteiger charge is 2.40. The van der Waals surface area contributed by atoms with Crippen molar-refractivity contribution in [2.45, 2.75) is 83.1 Å². The lowest BCUT2D eigenvalue weighted by Crippen LogP contribution is -2.43. The molecule has 2 aliphatic heterocycles. The predicted octanol–water partition coefficient (Wildman–Crippen LogP) is 3.14. The molecule has 2 saturated heterocycles. The molecule has 8 N–H and O–H groups in total. The monoisotopic (exact) mass is 1530 g/mol. The minimum absolute atomic E-state index is 0.0201. The Morgan fingerprint density at radius 1 is 0.705 bits per heavy atom. The molecular formula is C36H42I6N4O15. The molecule has 19 nitrogen and oxygen atoms in total. The lowest BCUT2D eigenvalue weighted by atomic mass is 10.1. The molecule has 0 radical (unpaired) electrons. The van der Waals surface area contributed by atoms with E-state index in [0.717, 1.165) is 4.90 Å². The quantitative estimate of drug-likeness (QED) is 0.0836. The number of rotatable bonds is 17. The van der Waals surface area contributed by atoms with Gasteiger partial charge < -0.3 is 70.1 Å². The fraction of sp³-hybridized carbons (Fsp3) is 0.528. The lowest BCUT2D eigenvalue weighted by molar-refractivity contribution is -0.150. The Morgan fingerprint density at radius 2 is 1.18 bits per heavy atom. The number of carbonyl (C=O) groups is 5. The van der Waals surface area contributed by atoms with Crippen LogP contribution in [0, 0.1) is 21.4 Å². The van der Waals surface area contributed by atoms with Gasteiger partial charge in [-0.3, -0.25) is 24.0 Å². The Bertz CT molecular complexity index is 1970. The highest BCUT2D eigenvalue weighted by molar-refractivity contribution is 14.1. The third-order valence-electron chi connectivity index (χ3n) is 8.89. The summed E-state index contributed by atoms with van der Waals surface area (Å²) in [5, 5.41) is 57.5. The van der Waals surface area contributed by atoms with Crippen LogP contribution in [0.25, 0.3) is 0 Å². The molecule has 61 heavy (non-hydrogen) atoms. The summed E-state index contributed by atoms with van der Waals surface area (Å²) in [6.07, 6.45) is -5.60. The van der Waals surface area contributed by atoms with Gasteiger partial charge in [0.15, 0.2) is 36.0 Å². The highest BCUT2D eigenvalue weighted by atomic mass is 127. The van der Waals surface area contributed by atoms with Gasteiger partial charge in [-0.1, -0.05) is 0 Å². The SMILES string of the molecule is CC1(C)OCC(C(=O)Nc2c(I)c(CCC(=O)OCc3c(I)c(NC(=O)C(O)CO)c(I)c(N(CCO)C(=O)C(O)CO)c3I)c(I)c(NC(=O)C3COC(C)(C)O3)c2I)O1. The van der Waals surface area contributed by atoms with Crippen LogP contribution in [0.5, 0.6) is 0 Å². The number of amides is 4. The molecule has 2 aromatic rings. The number of aliphatic hydroxyl groups is 5. The summed E-state index contributed by atoms with van der Waals surface area (Å²) in [6.45, 7) is 3.74. The van der Waals surface area contributed by atoms with Crippen molar-refractivity contribution in [3.8, 4) is 0 Å². The molecule has 4 unspecified atom stereocenters. The lowest BCUT2D eigenvalue weighted by Gasteiger charge is -2.29. The molecule has 0 aromatic heterocycles. The fourth-order valence-corrected chi connectivity index (χ4v) is 14.4. The predicted molar refractivity (Wildman–Crippen MR) is 269 cm³/mol. The third-order valence-corrected chi connectivity index (χ3v) is 15.8. The number of halogens is 6. The van der Waals surface area contributed by atoms with Crippen LogP contribution in [0.2, 0.25) is 0 Å². The van der Waals surface area contributed by atoms with Crippen LogP contribution in [0.15, 0.2) is 0 Å². The number of esters is 1. The molecule has 4 amide bonds. The normalized spacial score (nSPS) is 18.9. The van der Waals surface area contributed by atoms with Gasteiger partial charge in [-0.15, -0.1) is 0 Å². The summed E-state index contributed by atoms with van der Waals surface area (Å²) in [5.41, 5.74) is 1.84. The van der Waals surface area contributed by atoms with Crippen molar-refractivity contribution in [2.75, 3.05) is 60.4 Å². The summed E-state index contributed by atoms with van der Waals surface area (Å²) in [5.74, 6) is -5.51. The molecule has 0 aliphatic carbocycles. The Morgan fingerprint density at radius 3 is 1.62 bits per heavy atom. The Balaban J connectivity index is 1.68. The number of nitrogens with zero attached hydrogens (tertiary/aromatic N) is 1. The Kier molecular flexibility index (Phi) is 20.2. The van der Waals surface area contributed by atoms with Gasteiger partial charge in [0.2, 0.25) is 0 Å². The van der Waals surface area contributed by atoms with Gasteiger partial charge in [0.25, 0.3) is 23.6 Å². The van der Waals surface area contributed by atoms with Gasteiger partial charge in [-0.25, -0.2) is 0 Å². The summed E-state index contributed by atoms with van der Waals surface area (Å²) < 4.78 is 31.1. The molecule has 2 fully saturated rings. The average molecular weight is 1530 g/mol. The molecule has 0 spiro atoms. The minimum atomic E-state index is -1.85. The standard InChI is InChI=1S/C36H42I6N4O15/c1-35(2)58-12-18(60-35)32(54)44-27-21(37)14(22(38)28(25(27)41)45-33(55)19-13-59-36(3,4)61-19)5-6-20(52)57-11-15-23(39)29(43-31(53)16(50)9-48)26(42)30(24(15)40)46(7-8-47)34(56)17(51)10-49/h16-19,47-51H,5-13H2,1-4H3,(H,43,53)(H,44,54)(H,45,55). The first-order chi connectivity index (χ1) is 28.5. The van der Waals surface area contributed by atoms with E-state index in [-0.39, 0.29) is 47.5 Å². The van der Waals surface area contributed by atoms with Crippen LogP contribution >= 0.6 is 136 Å². The fourth-order valence-electron chi connectivity index (χ4n) is 5.80. The largest absolute Gasteiger partial charge is 0.461 e. The van der Waals surface area contributed by atoms with E-state index in [1.165, 1.54) is 0 Å². The van der Waals surface area contributed by atoms with Crippen LogP contribution < -0.4 is 20.9 Å². The van der Waals surface area contributed by atoms with E-state index in [9.17, 15) is 49.5 Å². The van der Waals surface area contributed by atoms with Crippen LogP contribution in [-0.2, 0) is 60.7 Å². The van der Waals surface area contributed by atoms with E-state index in [2.05, 4.69) is 61.1 Å². The Hall–Kier alpha value is -0.190. The first-order valence-electron chi connectivity index (χ1n) is 18.1. The number of hydrogen-bond donors (Lipinski definition) is 8. The van der Waals surface area contributed by atoms with E-state index in [1.54, 1.807) is 27.7 Å². The van der Waals surface area contributed by atoms with Gasteiger partial charge in [0.1, 0.15) is 6.61 Å². The highest BCUT2D eigenvalue weighted by Crippen LogP contribution is 2.43. The van der Waals surface area contributed by atoms with Gasteiger partial charge >= 0.3 is 5.97 Å². The molecule has 338 valence electrons. The number of ether oxygens (including phenoxy) is 5. The topological polar surface area (TPSA) is 272 Å². The van der Waals surface area contributed by atoms with Crippen molar-refractivity contribution in [1.82, 2.24) is 0 Å². The summed E-state index contributed by atoms with van der Waals surface area (Å²) in [6, 6.07) is 0. The number of anilines is 4. The summed E-state index contributed by atoms with van der Waals surface area (Å²) in [7, 11) is 0. The first-order valence-corrected chi connectivity index (χ1v) is 24.6. The number of aliphatic hydroxyl groups excluding tert-OH is 5. The van der Waals surface area contributed by atoms with Crippen LogP contribution in [0.4, 0.5) is 22.7 Å². The molecule has 2 heterocycles. The van der Waals surface area contributed by atoms with Crippen molar-refractivity contribution in [3.63, 3.8) is 0 Å². The molecule has 2 aliphatic rings. The number of hydrogen-bond acceptors (Lipinski definition) is 15. The van der Waals surface area contributed by atoms with E-state index >= 15 is 0 Å². The summed E-state index contributed by atoms with van der Waals surface area (Å²) in [4.78, 5) is 67.6. The van der Waals surface area contributed by atoms with Crippen LogP contribution in [0.3, 0.4) is 0 Å². The van der Waals surface area contributed by atoms with Gasteiger partial charge in [-0.2, -0.15) is 0 Å². The molecule has 4 atom stereocenters. The smallest absolute Gasteiger partial charge is 0.306 e. The minimum Gasteiger partial charge on any atom is -0.461 e. The van der Waals surface area contributed by atoms with Crippen molar-refractivity contribution < 1.29 is 73.2 Å². The molecule has 0 saturated carbocycles. The molecule has 2 aromatic carbocycles. The maximum atomic E-state index is 13.6. The van der Waals surface area contributed by atoms with Crippen LogP contribution in [-0.4, -0.2) is 131 Å². The molecule has 25 heteroatoms. The van der Waals surface area contributed by atoms with Crippen molar-refractivity contribution >= 4 is 188 Å². The van der Waals surface area contributed by atoms with E-state index in [1.807, 2.05) is 90.4 Å². The average Bonchev–Trinajstić information content (AvgIpc) is 3.78. The van der Waals surface area contributed by atoms with E-state index < -0.39 is 92.0 Å². The van der Waals surface area contributed by atoms with Crippen molar-refractivity contribution in [3.05, 3.63) is 32.5 Å². The molecule has 0 bridgehead atoms. The number of benzene rings is 2. The van der Waals surface area contributed by atoms with Gasteiger partial charge in [0, 0.05) is 32.8 Å². The molecule has 4 rings (SSSR count). The summed E-state index contributed by atoms with van der Waals surface area (Å²) >= 11 is 11.8. The zero-order valence-electron chi connectivity index (χ0n) is 32.7. The molecular weight excluding hydrogens is 1490 g/mol. The Labute approximate surface area is 432 Å². The zero-order chi connectivity index (χ0) is 45.7. The number of carbonyl (C=O) groups excluding carboxylic acids is 5. The second-order valence-corrected chi connectivity index (χ2v) is 20.7. The second-order valence-electron chi connectivity index (χ2n) is 14.2. The number of nitrogens with one attached hydrogen (secondary N) is 3. The van der Waals surface area contributed by atoms with Gasteiger partial charge in [-0.05, 0) is 175 Å². The van der Waals surface area contributed by atoms with Gasteiger partial charge in [0.05, 0.1) is 62.9 Å². The van der Waals surface area contributed by atoms with Crippen molar-refractivity contribution in [2.24, 2.45) is 0 Å². The second kappa shape index (κ2) is 23.0.